The summed E-state index contributed by atoms with van der Waals surface area (Å²) in [6, 6.07) is 12.7. The lowest BCUT2D eigenvalue weighted by Gasteiger charge is -2.29. The van der Waals surface area contributed by atoms with E-state index in [1.54, 1.807) is 26.2 Å². The predicted octanol–water partition coefficient (Wildman–Crippen LogP) is 2.77. The number of aryl methyl sites for hydroxylation is 1. The number of hydrogen-bond acceptors (Lipinski definition) is 4. The highest BCUT2D eigenvalue weighted by Crippen LogP contribution is 2.36. The second kappa shape index (κ2) is 7.84. The molecule has 7 heteroatoms. The molecule has 1 heterocycles. The van der Waals surface area contributed by atoms with Crippen molar-refractivity contribution in [3.05, 3.63) is 53.6 Å². The minimum Gasteiger partial charge on any atom is -0.345 e. The fourth-order valence-electron chi connectivity index (χ4n) is 2.81. The Morgan fingerprint density at radius 2 is 1.93 bits per heavy atom. The first-order valence-corrected chi connectivity index (χ1v) is 9.49. The summed E-state index contributed by atoms with van der Waals surface area (Å²) in [5, 5.41) is 2.85. The normalized spacial score (nSPS) is 13.1. The molecular formula is C20H21N3O3S. The molecule has 140 valence electrons. The molecule has 0 bridgehead atoms. The smallest absolute Gasteiger partial charge is 0.253 e. The zero-order valence-corrected chi connectivity index (χ0v) is 16.3. The van der Waals surface area contributed by atoms with Gasteiger partial charge in [-0.15, -0.1) is 11.8 Å². The quantitative estimate of drug-likeness (QED) is 0.881. The van der Waals surface area contributed by atoms with Crippen LogP contribution >= 0.6 is 11.8 Å². The summed E-state index contributed by atoms with van der Waals surface area (Å²) in [6.07, 6.45) is 0. The molecule has 1 aliphatic heterocycles. The minimum atomic E-state index is -0.278. The minimum absolute atomic E-state index is 0.0969. The van der Waals surface area contributed by atoms with Gasteiger partial charge in [0.2, 0.25) is 11.8 Å². The van der Waals surface area contributed by atoms with E-state index in [4.69, 9.17) is 0 Å². The van der Waals surface area contributed by atoms with E-state index in [2.05, 4.69) is 5.32 Å². The van der Waals surface area contributed by atoms with Crippen molar-refractivity contribution in [3.63, 3.8) is 0 Å². The molecule has 1 N–H and O–H groups in total. The Balaban J connectivity index is 1.85. The number of para-hydroxylation sites is 1. The molecule has 2 aromatic rings. The number of carbonyl (C=O) groups excluding carboxylic acids is 3. The largest absolute Gasteiger partial charge is 0.345 e. The van der Waals surface area contributed by atoms with E-state index in [1.807, 2.05) is 37.3 Å². The van der Waals surface area contributed by atoms with Gasteiger partial charge < -0.3 is 15.1 Å². The number of rotatable bonds is 4. The highest BCUT2D eigenvalue weighted by atomic mass is 32.2. The Hall–Kier alpha value is -2.80. The van der Waals surface area contributed by atoms with Crippen LogP contribution in [-0.4, -0.2) is 49.0 Å². The molecule has 3 amide bonds. The SMILES string of the molecule is Cc1ccccc1NC(=O)CN1C(=O)CSc2ccc(C(=O)N(C)C)cc21. The van der Waals surface area contributed by atoms with Crippen LogP contribution < -0.4 is 10.2 Å². The molecule has 0 aromatic heterocycles. The van der Waals surface area contributed by atoms with Crippen LogP contribution in [-0.2, 0) is 9.59 Å². The lowest BCUT2D eigenvalue weighted by atomic mass is 10.1. The van der Waals surface area contributed by atoms with Crippen molar-refractivity contribution >= 4 is 40.9 Å². The number of fused-ring (bicyclic) bond motifs is 1. The number of hydrogen-bond donors (Lipinski definition) is 1. The van der Waals surface area contributed by atoms with Crippen LogP contribution in [0.4, 0.5) is 11.4 Å². The van der Waals surface area contributed by atoms with Crippen LogP contribution in [0.15, 0.2) is 47.4 Å². The molecule has 0 aliphatic carbocycles. The molecule has 0 saturated carbocycles. The van der Waals surface area contributed by atoms with Crippen molar-refractivity contribution in [1.29, 1.82) is 0 Å². The maximum atomic E-state index is 12.5. The fraction of sp³-hybridized carbons (Fsp3) is 0.250. The number of anilines is 2. The Morgan fingerprint density at radius 3 is 2.63 bits per heavy atom. The van der Waals surface area contributed by atoms with E-state index in [0.29, 0.717) is 11.3 Å². The molecule has 3 rings (SSSR count). The second-order valence-corrected chi connectivity index (χ2v) is 7.53. The van der Waals surface area contributed by atoms with Crippen molar-refractivity contribution in [3.8, 4) is 0 Å². The standard InChI is InChI=1S/C20H21N3O3S/c1-13-6-4-5-7-15(13)21-18(24)11-23-16-10-14(20(26)22(2)3)8-9-17(16)27-12-19(23)25/h4-10H,11-12H2,1-3H3,(H,21,24). The van der Waals surface area contributed by atoms with Gasteiger partial charge in [0, 0.05) is 30.2 Å². The third kappa shape index (κ3) is 4.14. The molecule has 2 aromatic carbocycles. The Labute approximate surface area is 162 Å². The Morgan fingerprint density at radius 1 is 1.19 bits per heavy atom. The second-order valence-electron chi connectivity index (χ2n) is 6.51. The number of benzene rings is 2. The summed E-state index contributed by atoms with van der Waals surface area (Å²) >= 11 is 1.42. The van der Waals surface area contributed by atoms with Gasteiger partial charge >= 0.3 is 0 Å². The summed E-state index contributed by atoms with van der Waals surface area (Å²) in [5.41, 5.74) is 2.76. The van der Waals surface area contributed by atoms with Crippen LogP contribution in [0.5, 0.6) is 0 Å². The van der Waals surface area contributed by atoms with Gasteiger partial charge in [0.25, 0.3) is 5.91 Å². The topological polar surface area (TPSA) is 69.7 Å². The highest BCUT2D eigenvalue weighted by Gasteiger charge is 2.27. The molecule has 0 radical (unpaired) electrons. The fourth-order valence-corrected chi connectivity index (χ4v) is 3.73. The number of amides is 3. The Bertz CT molecular complexity index is 911. The summed E-state index contributed by atoms with van der Waals surface area (Å²) in [6.45, 7) is 1.81. The van der Waals surface area contributed by atoms with E-state index in [0.717, 1.165) is 16.1 Å². The first-order valence-electron chi connectivity index (χ1n) is 8.51. The number of nitrogens with one attached hydrogen (secondary N) is 1. The number of carbonyl (C=O) groups is 3. The molecule has 0 saturated heterocycles. The molecular weight excluding hydrogens is 362 g/mol. The summed E-state index contributed by atoms with van der Waals surface area (Å²) < 4.78 is 0. The van der Waals surface area contributed by atoms with Crippen molar-refractivity contribution in [2.75, 3.05) is 36.6 Å². The average molecular weight is 383 g/mol. The van der Waals surface area contributed by atoms with Crippen LogP contribution in [0, 0.1) is 6.92 Å². The van der Waals surface area contributed by atoms with Crippen LogP contribution in [0.3, 0.4) is 0 Å². The molecule has 6 nitrogen and oxygen atoms in total. The highest BCUT2D eigenvalue weighted by molar-refractivity contribution is 8.00. The predicted molar refractivity (Wildman–Crippen MR) is 107 cm³/mol. The first kappa shape index (κ1) is 19.0. The van der Waals surface area contributed by atoms with E-state index in [-0.39, 0.29) is 30.0 Å². The lowest BCUT2D eigenvalue weighted by molar-refractivity contribution is -0.120. The zero-order chi connectivity index (χ0) is 19.6. The molecule has 0 spiro atoms. The van der Waals surface area contributed by atoms with Gasteiger partial charge in [0.05, 0.1) is 11.4 Å². The van der Waals surface area contributed by atoms with Crippen molar-refractivity contribution in [2.24, 2.45) is 0 Å². The van der Waals surface area contributed by atoms with Gasteiger partial charge in [-0.25, -0.2) is 0 Å². The lowest BCUT2D eigenvalue weighted by Crippen LogP contribution is -2.41. The third-order valence-corrected chi connectivity index (χ3v) is 5.32. The van der Waals surface area contributed by atoms with Gasteiger partial charge in [-0.05, 0) is 36.8 Å². The third-order valence-electron chi connectivity index (χ3n) is 4.28. The van der Waals surface area contributed by atoms with Crippen LogP contribution in [0.1, 0.15) is 15.9 Å². The Kier molecular flexibility index (Phi) is 5.51. The summed E-state index contributed by atoms with van der Waals surface area (Å²) in [5.74, 6) is -0.308. The molecule has 27 heavy (non-hydrogen) atoms. The van der Waals surface area contributed by atoms with Gasteiger partial charge in [-0.3, -0.25) is 14.4 Å². The molecule has 0 atom stereocenters. The van der Waals surface area contributed by atoms with Gasteiger partial charge in [-0.1, -0.05) is 18.2 Å². The van der Waals surface area contributed by atoms with Gasteiger partial charge in [0.1, 0.15) is 6.54 Å². The van der Waals surface area contributed by atoms with Gasteiger partial charge in [0.15, 0.2) is 0 Å². The van der Waals surface area contributed by atoms with Crippen molar-refractivity contribution in [1.82, 2.24) is 4.90 Å². The first-order chi connectivity index (χ1) is 12.9. The molecule has 0 fully saturated rings. The molecule has 0 unspecified atom stereocenters. The maximum absolute atomic E-state index is 12.5. The van der Waals surface area contributed by atoms with Crippen LogP contribution in [0.2, 0.25) is 0 Å². The number of nitrogens with zero attached hydrogens (tertiary/aromatic N) is 2. The monoisotopic (exact) mass is 383 g/mol. The van der Waals surface area contributed by atoms with E-state index in [9.17, 15) is 14.4 Å². The maximum Gasteiger partial charge on any atom is 0.253 e. The average Bonchev–Trinajstić information content (AvgIpc) is 2.65. The van der Waals surface area contributed by atoms with Gasteiger partial charge in [-0.2, -0.15) is 0 Å². The van der Waals surface area contributed by atoms with E-state index in [1.165, 1.54) is 21.6 Å². The summed E-state index contributed by atoms with van der Waals surface area (Å²) in [7, 11) is 3.35. The van der Waals surface area contributed by atoms with E-state index < -0.39 is 0 Å². The zero-order valence-electron chi connectivity index (χ0n) is 15.5. The van der Waals surface area contributed by atoms with Crippen molar-refractivity contribution < 1.29 is 14.4 Å². The number of thioether (sulfide) groups is 1. The van der Waals surface area contributed by atoms with Crippen LogP contribution in [0.25, 0.3) is 0 Å². The van der Waals surface area contributed by atoms with E-state index >= 15 is 0 Å². The molecule has 1 aliphatic rings. The van der Waals surface area contributed by atoms with Crippen molar-refractivity contribution in [2.45, 2.75) is 11.8 Å². The summed E-state index contributed by atoms with van der Waals surface area (Å²) in [4.78, 5) is 41.1.